The minimum atomic E-state index is -2.94. The second-order valence-electron chi connectivity index (χ2n) is 7.56. The normalized spacial score (nSPS) is 12.9. The van der Waals surface area contributed by atoms with Gasteiger partial charge in [0.05, 0.1) is 0 Å². The second-order valence-corrected chi connectivity index (χ2v) is 16.6. The molecule has 3 rings (SSSR count). The molecule has 29 heavy (non-hydrogen) atoms. The third-order valence-corrected chi connectivity index (χ3v) is 15.2. The van der Waals surface area contributed by atoms with Gasteiger partial charge in [0.2, 0.25) is 0 Å². The Morgan fingerprint density at radius 2 is 1.17 bits per heavy atom. The van der Waals surface area contributed by atoms with Gasteiger partial charge in [0.1, 0.15) is 0 Å². The topological polar surface area (TPSA) is 26.3 Å². The van der Waals surface area contributed by atoms with Crippen molar-refractivity contribution in [2.24, 2.45) is 0 Å². The Bertz CT molecular complexity index is 827. The molecule has 0 aliphatic carbocycles. The van der Waals surface area contributed by atoms with Crippen LogP contribution >= 0.6 is 20.8 Å². The van der Waals surface area contributed by atoms with E-state index in [2.05, 4.69) is 88.3 Å². The summed E-state index contributed by atoms with van der Waals surface area (Å²) in [5.74, 6) is -0.133. The molecule has 0 aliphatic heterocycles. The molecule has 0 radical (unpaired) electrons. The van der Waals surface area contributed by atoms with Crippen LogP contribution in [0.15, 0.2) is 91.0 Å². The van der Waals surface area contributed by atoms with E-state index in [4.69, 9.17) is 4.74 Å². The Morgan fingerprint density at radius 3 is 1.52 bits per heavy atom. The molecule has 0 atom stereocenters. The van der Waals surface area contributed by atoms with E-state index >= 15 is 0 Å². The first-order chi connectivity index (χ1) is 13.9. The summed E-state index contributed by atoms with van der Waals surface area (Å²) in [7, 11) is 0. The quantitative estimate of drug-likeness (QED) is 0.318. The van der Waals surface area contributed by atoms with Gasteiger partial charge in [-0.25, -0.2) is 0 Å². The van der Waals surface area contributed by atoms with Gasteiger partial charge in [0.25, 0.3) is 0 Å². The van der Waals surface area contributed by atoms with Gasteiger partial charge in [-0.1, -0.05) is 0 Å². The number of esters is 1. The summed E-state index contributed by atoms with van der Waals surface area (Å²) in [6.07, 6.45) is 1.91. The summed E-state index contributed by atoms with van der Waals surface area (Å²) in [6.45, 7) is 3.78. The van der Waals surface area contributed by atoms with Crippen LogP contribution in [0.4, 0.5) is 0 Å². The Hall–Kier alpha value is -1.96. The van der Waals surface area contributed by atoms with Crippen molar-refractivity contribution in [3.05, 3.63) is 91.0 Å². The van der Waals surface area contributed by atoms with Gasteiger partial charge in [-0.05, 0) is 0 Å². The Labute approximate surface area is 182 Å². The number of carbonyl (C=O) groups is 1. The molecular weight excluding hydrogens is 443 g/mol. The van der Waals surface area contributed by atoms with E-state index in [1.165, 1.54) is 15.9 Å². The molecule has 0 amide bonds. The van der Waals surface area contributed by atoms with Crippen molar-refractivity contribution in [3.63, 3.8) is 0 Å². The van der Waals surface area contributed by atoms with Gasteiger partial charge in [-0.15, -0.1) is 0 Å². The molecule has 0 fully saturated rings. The van der Waals surface area contributed by atoms with Crippen molar-refractivity contribution in [1.82, 2.24) is 0 Å². The third kappa shape index (κ3) is 4.47. The predicted octanol–water partition coefficient (Wildman–Crippen LogP) is 5.56. The molecule has 3 aromatic carbocycles. The van der Waals surface area contributed by atoms with Crippen LogP contribution in [0.3, 0.4) is 0 Å². The summed E-state index contributed by atoms with van der Waals surface area (Å²) in [4.78, 5) is 12.2. The molecule has 0 aliphatic rings. The fourth-order valence-electron chi connectivity index (χ4n) is 3.89. The number of halogens is 1. The molecule has 3 aromatic rings. The van der Waals surface area contributed by atoms with Crippen molar-refractivity contribution in [3.8, 4) is 0 Å². The van der Waals surface area contributed by atoms with E-state index in [1.807, 2.05) is 32.0 Å². The molecule has 0 bridgehead atoms. The monoisotopic (exact) mass is 470 g/mol. The molecule has 0 spiro atoms. The second kappa shape index (κ2) is 9.24. The Morgan fingerprint density at radius 1 is 0.793 bits per heavy atom. The van der Waals surface area contributed by atoms with Gasteiger partial charge in [-0.2, -0.15) is 0 Å². The molecule has 0 N–H and O–H groups in total. The van der Waals surface area contributed by atoms with Crippen molar-refractivity contribution >= 4 is 42.7 Å². The van der Waals surface area contributed by atoms with Crippen LogP contribution in [0.25, 0.3) is 0 Å². The standard InChI is InChI=1S/C25H28BrO2P/c1-21(2)28-25(27)19-12-20-29(26,22-13-6-3-7-14-22,23-15-8-4-9-16-23)24-17-10-5-11-18-24/h3-11,13-18,21H,12,19-20H2,1-2H3. The Kier molecular flexibility index (Phi) is 6.93. The van der Waals surface area contributed by atoms with E-state index in [-0.39, 0.29) is 12.1 Å². The van der Waals surface area contributed by atoms with E-state index in [0.717, 1.165) is 12.6 Å². The number of hydrogen-bond donors (Lipinski definition) is 0. The number of ether oxygens (including phenoxy) is 1. The van der Waals surface area contributed by atoms with Crippen LogP contribution in [0.2, 0.25) is 0 Å². The molecular formula is C25H28BrO2P. The molecule has 0 heterocycles. The first-order valence-corrected chi connectivity index (χ1v) is 14.5. The maximum absolute atomic E-state index is 12.2. The number of hydrogen-bond acceptors (Lipinski definition) is 2. The SMILES string of the molecule is CC(C)OC(=O)CCCP(Br)(c1ccccc1)(c1ccccc1)c1ccccc1. The van der Waals surface area contributed by atoms with Crippen LogP contribution in [-0.4, -0.2) is 18.2 Å². The first-order valence-electron chi connectivity index (χ1n) is 10.0. The third-order valence-electron chi connectivity index (χ3n) is 5.21. The van der Waals surface area contributed by atoms with Crippen LogP contribution in [0.1, 0.15) is 26.7 Å². The van der Waals surface area contributed by atoms with Crippen molar-refractivity contribution in [1.29, 1.82) is 0 Å². The number of carbonyl (C=O) groups excluding carboxylic acids is 1. The maximum atomic E-state index is 12.2. The average molecular weight is 471 g/mol. The molecule has 0 saturated heterocycles. The molecule has 2 nitrogen and oxygen atoms in total. The van der Waals surface area contributed by atoms with E-state index in [9.17, 15) is 4.79 Å². The van der Waals surface area contributed by atoms with E-state index in [0.29, 0.717) is 6.42 Å². The van der Waals surface area contributed by atoms with Gasteiger partial charge in [0.15, 0.2) is 0 Å². The van der Waals surface area contributed by atoms with Crippen LogP contribution < -0.4 is 15.9 Å². The van der Waals surface area contributed by atoms with Crippen molar-refractivity contribution in [2.75, 3.05) is 6.16 Å². The van der Waals surface area contributed by atoms with Gasteiger partial charge in [-0.3, -0.25) is 0 Å². The summed E-state index contributed by atoms with van der Waals surface area (Å²) < 4.78 is 5.38. The fourth-order valence-corrected chi connectivity index (χ4v) is 11.6. The minimum absolute atomic E-state index is 0.0842. The first kappa shape index (κ1) is 21.7. The van der Waals surface area contributed by atoms with E-state index < -0.39 is 5.31 Å². The summed E-state index contributed by atoms with van der Waals surface area (Å²) in [5.41, 5.74) is 0. The zero-order valence-electron chi connectivity index (χ0n) is 17.0. The summed E-state index contributed by atoms with van der Waals surface area (Å²) in [6, 6.07) is 32.0. The molecule has 152 valence electrons. The van der Waals surface area contributed by atoms with Crippen LogP contribution in [0, 0.1) is 0 Å². The van der Waals surface area contributed by atoms with E-state index in [1.54, 1.807) is 0 Å². The molecule has 0 saturated carbocycles. The summed E-state index contributed by atoms with van der Waals surface area (Å²) in [5, 5.41) is 0.875. The average Bonchev–Trinajstić information content (AvgIpc) is 2.75. The van der Waals surface area contributed by atoms with Gasteiger partial charge in [0, 0.05) is 0 Å². The van der Waals surface area contributed by atoms with Gasteiger partial charge >= 0.3 is 182 Å². The zero-order valence-corrected chi connectivity index (χ0v) is 19.5. The number of rotatable bonds is 8. The molecule has 4 heteroatoms. The Balaban J connectivity index is 2.13. The fraction of sp³-hybridized carbons (Fsp3) is 0.240. The predicted molar refractivity (Wildman–Crippen MR) is 129 cm³/mol. The number of benzene rings is 3. The van der Waals surface area contributed by atoms with Crippen molar-refractivity contribution < 1.29 is 9.53 Å². The molecule has 0 aromatic heterocycles. The van der Waals surface area contributed by atoms with Crippen molar-refractivity contribution in [2.45, 2.75) is 32.8 Å². The van der Waals surface area contributed by atoms with Gasteiger partial charge < -0.3 is 0 Å². The zero-order chi connectivity index (χ0) is 20.8. The van der Waals surface area contributed by atoms with Crippen LogP contribution in [-0.2, 0) is 9.53 Å². The van der Waals surface area contributed by atoms with Crippen LogP contribution in [0.5, 0.6) is 0 Å². The molecule has 0 unspecified atom stereocenters. The summed E-state index contributed by atoms with van der Waals surface area (Å²) >= 11 is 4.40.